The Morgan fingerprint density at radius 1 is 0.913 bits per heavy atom. The fourth-order valence-corrected chi connectivity index (χ4v) is 2.53. The summed E-state index contributed by atoms with van der Waals surface area (Å²) in [6.07, 6.45) is 0.862. The molecule has 0 atom stereocenters. The molecule has 0 bridgehead atoms. The van der Waals surface area contributed by atoms with Crippen LogP contribution in [0, 0.1) is 42.9 Å². The van der Waals surface area contributed by atoms with Gasteiger partial charge in [0.1, 0.15) is 5.56 Å². The first kappa shape index (κ1) is 15.5. The van der Waals surface area contributed by atoms with Crippen molar-refractivity contribution >= 4 is 11.9 Å². The highest BCUT2D eigenvalue weighted by Gasteiger charge is 2.31. The van der Waals surface area contributed by atoms with E-state index in [-0.39, 0.29) is 6.73 Å². The van der Waals surface area contributed by atoms with Crippen molar-refractivity contribution in [2.45, 2.75) is 13.8 Å². The lowest BCUT2D eigenvalue weighted by Gasteiger charge is -2.03. The number of fused-ring (bicyclic) bond motifs is 1. The van der Waals surface area contributed by atoms with Gasteiger partial charge in [-0.2, -0.15) is 4.58 Å². The van der Waals surface area contributed by atoms with Gasteiger partial charge in [-0.15, -0.1) is 0 Å². The Balaban J connectivity index is 2.21. The molecule has 7 heteroatoms. The highest BCUT2D eigenvalue weighted by molar-refractivity contribution is 5.78. The van der Waals surface area contributed by atoms with Crippen LogP contribution in [0.4, 0.5) is 27.6 Å². The Morgan fingerprint density at radius 3 is 2.09 bits per heavy atom. The van der Waals surface area contributed by atoms with Crippen LogP contribution in [0.15, 0.2) is 12.1 Å². The number of rotatable bonds is 1. The van der Waals surface area contributed by atoms with E-state index in [2.05, 4.69) is 0 Å². The minimum atomic E-state index is -2.18. The molecule has 0 spiro atoms. The van der Waals surface area contributed by atoms with Crippen LogP contribution in [0.1, 0.15) is 16.7 Å². The number of aryl methyl sites for hydroxylation is 2. The molecule has 1 aliphatic rings. The van der Waals surface area contributed by atoms with Gasteiger partial charge in [0.05, 0.1) is 0 Å². The van der Waals surface area contributed by atoms with Gasteiger partial charge in [-0.1, -0.05) is 6.07 Å². The van der Waals surface area contributed by atoms with Crippen LogP contribution in [0.5, 0.6) is 5.75 Å². The zero-order chi connectivity index (χ0) is 16.9. The Morgan fingerprint density at radius 2 is 1.48 bits per heavy atom. The second kappa shape index (κ2) is 5.33. The molecular formula is C16H11F5NO+. The first-order valence-corrected chi connectivity index (χ1v) is 6.68. The maximum absolute atomic E-state index is 13.8. The second-order valence-electron chi connectivity index (χ2n) is 5.29. The van der Waals surface area contributed by atoms with Crippen molar-refractivity contribution in [3.05, 3.63) is 57.9 Å². The normalized spacial score (nSPS) is 15.0. The van der Waals surface area contributed by atoms with Crippen LogP contribution < -0.4 is 4.74 Å². The van der Waals surface area contributed by atoms with Gasteiger partial charge >= 0.3 is 0 Å². The third-order valence-electron chi connectivity index (χ3n) is 3.59. The summed E-state index contributed by atoms with van der Waals surface area (Å²) in [5, 5.41) is 0. The second-order valence-corrected chi connectivity index (χ2v) is 5.29. The van der Waals surface area contributed by atoms with Crippen LogP contribution >= 0.6 is 0 Å². The molecule has 2 nitrogen and oxygen atoms in total. The fraction of sp³-hybridized carbons (Fsp3) is 0.188. The van der Waals surface area contributed by atoms with Crippen molar-refractivity contribution in [1.29, 1.82) is 0 Å². The fourth-order valence-electron chi connectivity index (χ4n) is 2.53. The number of halogens is 5. The van der Waals surface area contributed by atoms with E-state index in [1.54, 1.807) is 13.0 Å². The van der Waals surface area contributed by atoms with Crippen LogP contribution in [0.2, 0.25) is 0 Å². The van der Waals surface area contributed by atoms with Crippen LogP contribution in [-0.2, 0) is 0 Å². The molecular weight excluding hydrogens is 317 g/mol. The van der Waals surface area contributed by atoms with Crippen LogP contribution in [-0.4, -0.2) is 17.5 Å². The van der Waals surface area contributed by atoms with E-state index >= 15 is 0 Å². The predicted molar refractivity (Wildman–Crippen MR) is 72.7 cm³/mol. The van der Waals surface area contributed by atoms with Gasteiger partial charge < -0.3 is 4.74 Å². The van der Waals surface area contributed by atoms with Gasteiger partial charge in [0.15, 0.2) is 29.5 Å². The molecule has 0 radical (unpaired) electrons. The maximum Gasteiger partial charge on any atom is 0.293 e. The van der Waals surface area contributed by atoms with Gasteiger partial charge in [-0.25, -0.2) is 22.0 Å². The van der Waals surface area contributed by atoms with Gasteiger partial charge in [-0.05, 0) is 25.0 Å². The van der Waals surface area contributed by atoms with Crippen LogP contribution in [0.25, 0.3) is 0 Å². The van der Waals surface area contributed by atoms with Crippen molar-refractivity contribution in [3.8, 4) is 5.75 Å². The van der Waals surface area contributed by atoms with E-state index in [0.717, 1.165) is 17.3 Å². The monoisotopic (exact) mass is 328 g/mol. The van der Waals surface area contributed by atoms with Crippen LogP contribution in [0.3, 0.4) is 0 Å². The molecule has 1 heterocycles. The van der Waals surface area contributed by atoms with E-state index in [1.807, 2.05) is 13.0 Å². The number of hydrogen-bond donors (Lipinski definition) is 0. The first-order chi connectivity index (χ1) is 10.8. The molecule has 0 saturated carbocycles. The molecule has 0 unspecified atom stereocenters. The quantitative estimate of drug-likeness (QED) is 0.332. The summed E-state index contributed by atoms with van der Waals surface area (Å²) in [5.41, 5.74) is 1.19. The lowest BCUT2D eigenvalue weighted by Crippen LogP contribution is -2.13. The summed E-state index contributed by atoms with van der Waals surface area (Å²) < 4.78 is 73.9. The van der Waals surface area contributed by atoms with E-state index < -0.39 is 34.6 Å². The highest BCUT2D eigenvalue weighted by atomic mass is 19.2. The van der Waals surface area contributed by atoms with Gasteiger partial charge in [0.25, 0.3) is 12.4 Å². The smallest absolute Gasteiger partial charge is 0.293 e. The Bertz CT molecular complexity index is 831. The number of ether oxygens (including phenoxy) is 1. The summed E-state index contributed by atoms with van der Waals surface area (Å²) in [6.45, 7) is 3.54. The molecule has 1 aliphatic heterocycles. The highest BCUT2D eigenvalue weighted by Crippen LogP contribution is 2.36. The van der Waals surface area contributed by atoms with E-state index in [1.165, 1.54) is 4.58 Å². The number of nitrogens with zero attached hydrogens (tertiary/aromatic N) is 1. The van der Waals surface area contributed by atoms with E-state index in [0.29, 0.717) is 11.4 Å². The summed E-state index contributed by atoms with van der Waals surface area (Å²) >= 11 is 0. The summed E-state index contributed by atoms with van der Waals surface area (Å²) in [7, 11) is 0. The van der Waals surface area contributed by atoms with E-state index in [9.17, 15) is 22.0 Å². The minimum absolute atomic E-state index is 0.0842. The zero-order valence-electron chi connectivity index (χ0n) is 12.2. The van der Waals surface area contributed by atoms with Crippen molar-refractivity contribution in [1.82, 2.24) is 0 Å². The maximum atomic E-state index is 13.8. The Kier molecular flexibility index (Phi) is 3.58. The molecule has 0 amide bonds. The van der Waals surface area contributed by atoms with Gasteiger partial charge in [-0.3, -0.25) is 0 Å². The topological polar surface area (TPSA) is 12.2 Å². The lowest BCUT2D eigenvalue weighted by molar-refractivity contribution is -0.452. The molecule has 2 aromatic rings. The largest absolute Gasteiger partial charge is 0.429 e. The molecule has 120 valence electrons. The molecule has 0 fully saturated rings. The van der Waals surface area contributed by atoms with Crippen molar-refractivity contribution in [2.75, 3.05) is 6.73 Å². The van der Waals surface area contributed by atoms with Crippen molar-refractivity contribution < 1.29 is 31.3 Å². The molecule has 0 saturated heterocycles. The number of hydrogen-bond acceptors (Lipinski definition) is 1. The minimum Gasteiger partial charge on any atom is -0.429 e. The standard InChI is InChI=1S/C16H11F5NO/c1-7-3-8(2)16-10(4-7)22(6-23-16)5-9-11(17)13(19)15(21)14(20)12(9)18/h3-5H,6H2,1-2H3/q+1/b22-5-. The average molecular weight is 328 g/mol. The Labute approximate surface area is 128 Å². The SMILES string of the molecule is Cc1cc(C)c2c(c1)/[N+](=C\c1c(F)c(F)c(F)c(F)c1F)CO2. The summed E-state index contributed by atoms with van der Waals surface area (Å²) in [4.78, 5) is 0. The number of benzene rings is 2. The van der Waals surface area contributed by atoms with Crippen molar-refractivity contribution in [3.63, 3.8) is 0 Å². The first-order valence-electron chi connectivity index (χ1n) is 6.68. The summed E-state index contributed by atoms with van der Waals surface area (Å²) in [6, 6.07) is 3.57. The predicted octanol–water partition coefficient (Wildman–Crippen LogP) is 4.11. The van der Waals surface area contributed by atoms with Crippen molar-refractivity contribution in [2.24, 2.45) is 0 Å². The van der Waals surface area contributed by atoms with Gasteiger partial charge in [0, 0.05) is 6.07 Å². The molecule has 23 heavy (non-hydrogen) atoms. The average Bonchev–Trinajstić information content (AvgIpc) is 2.91. The lowest BCUT2D eigenvalue weighted by atomic mass is 10.1. The molecule has 0 N–H and O–H groups in total. The molecule has 0 aliphatic carbocycles. The molecule has 2 aromatic carbocycles. The Hall–Kier alpha value is -2.44. The third kappa shape index (κ3) is 2.36. The molecule has 0 aromatic heterocycles. The molecule has 3 rings (SSSR count). The van der Waals surface area contributed by atoms with E-state index in [4.69, 9.17) is 4.74 Å². The third-order valence-corrected chi connectivity index (χ3v) is 3.59. The van der Waals surface area contributed by atoms with Gasteiger partial charge in [0.2, 0.25) is 11.6 Å². The summed E-state index contributed by atoms with van der Waals surface area (Å²) in [5.74, 6) is -9.37. The zero-order valence-corrected chi connectivity index (χ0v) is 12.2.